The molecule has 536 valence electrons. The lowest BCUT2D eigenvalue weighted by Gasteiger charge is -2.49. The number of fused-ring (bicyclic) bond motifs is 5. The molecule has 0 radical (unpaired) electrons. The van der Waals surface area contributed by atoms with Gasteiger partial charge in [-0.25, -0.2) is 19.1 Å². The zero-order valence-electron chi connectivity index (χ0n) is 57.4. The zero-order chi connectivity index (χ0) is 73.2. The van der Waals surface area contributed by atoms with Gasteiger partial charge in [-0.05, 0) is 69.7 Å². The van der Waals surface area contributed by atoms with Crippen LogP contribution in [0.15, 0.2) is 123 Å². The number of amides is 8. The number of carbonyl (C=O) groups is 11. The van der Waals surface area contributed by atoms with Crippen LogP contribution in [0.2, 0.25) is 0 Å². The standard InChI is InChI=1S/C72H76N14O15S2/c1-7-82(8-2)41-19-21-47-52(33-41)101-53-34-42(83(9-3)10-4)20-22-48(53)58(47)43-15-11-14-18-46(43)67(94)85-31-29-84(30-32-85)57(90)26-25-54(87)76-35-55(88)77-36-56(89)79-71-78-51(39-103-71)61(81-99-6)66(93)80-62-68(95)86-63(70(96)97)40(38-102-69(62)86)37-100-72(98)75-28-27-74-50-24-23-49(73-5)59-60(50)65(92)45-17-13-12-16-44(45)64(59)91/h11-24,33-34,39,62,69H,7-10,25-32,35-38H2,1-6H3,(H7,75,76,77,78,79,80,87,88,89,93,94,96,97,98)/p+1/b81-61-. The number of carbonyl (C=O) groups excluding carboxylic acids is 10. The van der Waals surface area contributed by atoms with Gasteiger partial charge in [0, 0.05) is 151 Å². The maximum Gasteiger partial charge on any atom is 0.407 e. The van der Waals surface area contributed by atoms with E-state index >= 15 is 0 Å². The number of alkyl carbamates (subject to hydrolysis) is 1. The molecule has 0 saturated carbocycles. The van der Waals surface area contributed by atoms with E-state index in [0.717, 1.165) is 87.3 Å². The molecule has 8 amide bonds. The fourth-order valence-corrected chi connectivity index (χ4v) is 14.9. The summed E-state index contributed by atoms with van der Waals surface area (Å²) in [6.45, 7) is 11.3. The van der Waals surface area contributed by atoms with Crippen LogP contribution in [0.4, 0.5) is 27.0 Å². The van der Waals surface area contributed by atoms with Crippen molar-refractivity contribution in [3.63, 3.8) is 0 Å². The molecule has 1 aromatic heterocycles. The first-order valence-electron chi connectivity index (χ1n) is 33.6. The number of rotatable bonds is 27. The molecule has 31 heteroatoms. The van der Waals surface area contributed by atoms with Gasteiger partial charge in [0.25, 0.3) is 17.7 Å². The van der Waals surface area contributed by atoms with Crippen molar-refractivity contribution < 1.29 is 71.8 Å². The summed E-state index contributed by atoms with van der Waals surface area (Å²) in [6, 6.07) is 28.6. The van der Waals surface area contributed by atoms with Crippen LogP contribution >= 0.6 is 23.1 Å². The third-order valence-electron chi connectivity index (χ3n) is 18.1. The van der Waals surface area contributed by atoms with Gasteiger partial charge in [-0.2, -0.15) is 0 Å². The Morgan fingerprint density at radius 2 is 1.41 bits per heavy atom. The first-order valence-corrected chi connectivity index (χ1v) is 35.5. The lowest BCUT2D eigenvalue weighted by atomic mass is 9.82. The van der Waals surface area contributed by atoms with Gasteiger partial charge < -0.3 is 71.0 Å². The Hall–Kier alpha value is -11.5. The summed E-state index contributed by atoms with van der Waals surface area (Å²) < 4.78 is 14.3. The molecule has 11 rings (SSSR count). The van der Waals surface area contributed by atoms with Gasteiger partial charge in [-0.15, -0.1) is 23.1 Å². The number of nitrogens with one attached hydrogen (secondary N) is 7. The SMILES string of the molecule is CCN(CC)c1ccc2c(-c3ccccc3C(=O)N3CCN(C(=O)CCC(=O)NCC(=O)NCC(=O)Nc4nc(/C(=N/OC)C(=O)NC5C(=O)N6C(C(=O)O)=C(COC(=O)NCCNc7ccc(NC)c8c7C(=O)c7ccccc7C8=O)CSC56)cs4)CC3)c3ccc(=[N+](CC)CC)cc-3oc2c1. The number of carboxylic acids is 1. The number of ether oxygens (including phenoxy) is 1. The number of β-lactam (4-membered cyclic amide) rings is 1. The second kappa shape index (κ2) is 32.5. The highest BCUT2D eigenvalue weighted by Gasteiger charge is 2.55. The average molecular weight is 1440 g/mol. The lowest BCUT2D eigenvalue weighted by Crippen LogP contribution is -2.71. The van der Waals surface area contributed by atoms with Crippen LogP contribution in [0.5, 0.6) is 0 Å². The van der Waals surface area contributed by atoms with Crippen molar-refractivity contribution in [3.8, 4) is 22.5 Å². The second-order valence-corrected chi connectivity index (χ2v) is 26.0. The summed E-state index contributed by atoms with van der Waals surface area (Å²) in [5, 5.41) is 34.9. The molecule has 0 spiro atoms. The number of nitrogens with zero attached hydrogens (tertiary/aromatic N) is 7. The minimum atomic E-state index is -1.47. The monoisotopic (exact) mass is 1440 g/mol. The summed E-state index contributed by atoms with van der Waals surface area (Å²) in [6.07, 6.45) is -1.27. The quantitative estimate of drug-likeness (QED) is 0.00838. The maximum atomic E-state index is 14.6. The van der Waals surface area contributed by atoms with Crippen LogP contribution in [0.25, 0.3) is 33.4 Å². The van der Waals surface area contributed by atoms with Crippen molar-refractivity contribution in [2.45, 2.75) is 52.0 Å². The molecule has 2 atom stereocenters. The number of ketones is 2. The van der Waals surface area contributed by atoms with E-state index in [1.54, 1.807) is 53.2 Å². The highest BCUT2D eigenvalue weighted by Crippen LogP contribution is 2.44. The van der Waals surface area contributed by atoms with Gasteiger partial charge in [0.2, 0.25) is 29.0 Å². The maximum absolute atomic E-state index is 14.6. The number of benzene rings is 5. The first-order chi connectivity index (χ1) is 49.8. The number of anilines is 4. The van der Waals surface area contributed by atoms with E-state index in [0.29, 0.717) is 33.8 Å². The predicted octanol–water partition coefficient (Wildman–Crippen LogP) is 5.00. The van der Waals surface area contributed by atoms with E-state index in [4.69, 9.17) is 14.0 Å². The molecule has 4 aromatic carbocycles. The van der Waals surface area contributed by atoms with Crippen LogP contribution < -0.4 is 52.1 Å². The molecular weight excluding hydrogens is 1370 g/mol. The topological polar surface area (TPSA) is 365 Å². The van der Waals surface area contributed by atoms with Crippen molar-refractivity contribution in [3.05, 3.63) is 153 Å². The molecule has 5 heterocycles. The highest BCUT2D eigenvalue weighted by molar-refractivity contribution is 8.00. The number of hydrogen-bond donors (Lipinski definition) is 8. The number of carboxylic acid groups (broad SMARTS) is 1. The number of thioether (sulfide) groups is 1. The third kappa shape index (κ3) is 15.6. The van der Waals surface area contributed by atoms with Crippen LogP contribution in [-0.4, -0.2) is 212 Å². The number of oxime groups is 1. The van der Waals surface area contributed by atoms with Crippen molar-refractivity contribution in [1.29, 1.82) is 0 Å². The van der Waals surface area contributed by atoms with Gasteiger partial charge in [-0.1, -0.05) is 47.6 Å². The Bertz CT molecular complexity index is 4660. The van der Waals surface area contributed by atoms with Crippen molar-refractivity contribution in [2.75, 3.05) is 126 Å². The molecule has 0 bridgehead atoms. The Morgan fingerprint density at radius 3 is 2.10 bits per heavy atom. The van der Waals surface area contributed by atoms with E-state index in [2.05, 4.69) is 121 Å². The zero-order valence-corrected chi connectivity index (χ0v) is 59.0. The Kier molecular flexibility index (Phi) is 22.9. The second-order valence-electron chi connectivity index (χ2n) is 24.1. The van der Waals surface area contributed by atoms with Gasteiger partial charge in [0.15, 0.2) is 22.4 Å². The van der Waals surface area contributed by atoms with Gasteiger partial charge in [0.1, 0.15) is 61.0 Å². The predicted molar refractivity (Wildman–Crippen MR) is 387 cm³/mol. The summed E-state index contributed by atoms with van der Waals surface area (Å²) in [4.78, 5) is 162. The average Bonchev–Trinajstić information content (AvgIpc) is 0.918. The molecular formula is C72H77N14O15S2+. The van der Waals surface area contributed by atoms with Crippen molar-refractivity contribution >= 4 is 127 Å². The molecule has 5 aromatic rings. The summed E-state index contributed by atoms with van der Waals surface area (Å²) in [7, 11) is 2.81. The number of aromatic nitrogens is 1. The third-order valence-corrected chi connectivity index (χ3v) is 20.2. The normalized spacial score (nSPS) is 15.5. The fraction of sp³-hybridized carbons (Fsp3) is 0.333. The number of aliphatic carboxylic acids is 1. The molecule has 103 heavy (non-hydrogen) atoms. The summed E-state index contributed by atoms with van der Waals surface area (Å²) in [5.41, 5.74) is 5.82. The largest absolute Gasteiger partial charge is 0.477 e. The first kappa shape index (κ1) is 72.8. The van der Waals surface area contributed by atoms with Gasteiger partial charge >= 0.3 is 12.1 Å². The molecule has 4 aliphatic heterocycles. The molecule has 8 N–H and O–H groups in total. The molecule has 2 fully saturated rings. The minimum absolute atomic E-state index is 0.000883. The van der Waals surface area contributed by atoms with E-state index in [9.17, 15) is 57.8 Å². The molecule has 2 saturated heterocycles. The summed E-state index contributed by atoms with van der Waals surface area (Å²) >= 11 is 2.01. The van der Waals surface area contributed by atoms with Crippen LogP contribution in [0.3, 0.4) is 0 Å². The lowest BCUT2D eigenvalue weighted by molar-refractivity contribution is -0.150. The van der Waals surface area contributed by atoms with Crippen LogP contribution in [0, 0.1) is 0 Å². The van der Waals surface area contributed by atoms with Crippen LogP contribution in [-0.2, 0) is 43.1 Å². The van der Waals surface area contributed by atoms with E-state index in [1.807, 2.05) is 24.3 Å². The smallest absolute Gasteiger partial charge is 0.407 e. The number of piperazine rings is 1. The van der Waals surface area contributed by atoms with E-state index < -0.39 is 84.1 Å². The number of hydrogen-bond acceptors (Lipinski definition) is 21. The van der Waals surface area contributed by atoms with Gasteiger partial charge in [-0.3, -0.25) is 48.1 Å². The minimum Gasteiger partial charge on any atom is -0.477 e. The highest BCUT2D eigenvalue weighted by atomic mass is 32.2. The molecule has 2 aliphatic carbocycles. The van der Waals surface area contributed by atoms with E-state index in [1.165, 1.54) is 12.5 Å². The molecule has 6 aliphatic rings. The van der Waals surface area contributed by atoms with Gasteiger partial charge in [0.05, 0.1) is 30.3 Å². The Labute approximate surface area is 599 Å². The van der Waals surface area contributed by atoms with Crippen LogP contribution in [0.1, 0.15) is 88.4 Å². The van der Waals surface area contributed by atoms with E-state index in [-0.39, 0.29) is 114 Å². The molecule has 2 unspecified atom stereocenters. The number of thiazole rings is 1. The van der Waals surface area contributed by atoms with Crippen molar-refractivity contribution in [2.24, 2.45) is 5.16 Å². The summed E-state index contributed by atoms with van der Waals surface area (Å²) in [5.74, 6) is -5.60. The molecule has 29 nitrogen and oxygen atoms in total. The van der Waals surface area contributed by atoms with Crippen molar-refractivity contribution in [1.82, 2.24) is 45.5 Å². The Balaban J connectivity index is 0.602. The Morgan fingerprint density at radius 1 is 0.738 bits per heavy atom. The fourth-order valence-electron chi connectivity index (χ4n) is 12.9.